The van der Waals surface area contributed by atoms with Gasteiger partial charge in [-0.15, -0.1) is 5.10 Å². The molecule has 0 fully saturated rings. The molecule has 0 aliphatic carbocycles. The molecule has 6 nitrogen and oxygen atoms in total. The fourth-order valence-electron chi connectivity index (χ4n) is 2.59. The summed E-state index contributed by atoms with van der Waals surface area (Å²) < 4.78 is 11.2. The number of nitrogens with zero attached hydrogens (tertiary/aromatic N) is 2. The van der Waals surface area contributed by atoms with Crippen LogP contribution in [0, 0.1) is 0 Å². The van der Waals surface area contributed by atoms with Crippen LogP contribution in [-0.4, -0.2) is 16.1 Å². The largest absolute Gasteiger partial charge is 0.483 e. The second-order valence-corrected chi connectivity index (χ2v) is 6.16. The zero-order valence-electron chi connectivity index (χ0n) is 14.1. The maximum Gasteiger partial charge on any atom is 0.322 e. The lowest BCUT2D eigenvalue weighted by molar-refractivity contribution is 0.102. The van der Waals surface area contributed by atoms with Crippen molar-refractivity contribution in [3.05, 3.63) is 83.2 Å². The fourth-order valence-corrected chi connectivity index (χ4v) is 2.72. The van der Waals surface area contributed by atoms with Crippen LogP contribution in [0.3, 0.4) is 0 Å². The molecule has 1 amide bonds. The summed E-state index contributed by atoms with van der Waals surface area (Å²) in [6, 6.07) is 20.2. The molecule has 4 aromatic rings. The Morgan fingerprint density at radius 2 is 1.78 bits per heavy atom. The topological polar surface area (TPSA) is 77.2 Å². The van der Waals surface area contributed by atoms with E-state index in [2.05, 4.69) is 15.5 Å². The van der Waals surface area contributed by atoms with Crippen molar-refractivity contribution in [1.29, 1.82) is 0 Å². The van der Waals surface area contributed by atoms with E-state index >= 15 is 0 Å². The zero-order chi connectivity index (χ0) is 18.6. The Morgan fingerprint density at radius 3 is 2.63 bits per heavy atom. The number of fused-ring (bicyclic) bond motifs is 1. The van der Waals surface area contributed by atoms with E-state index in [1.807, 2.05) is 42.5 Å². The highest BCUT2D eigenvalue weighted by Crippen LogP contribution is 2.26. The van der Waals surface area contributed by atoms with Crippen LogP contribution in [-0.2, 0) is 6.61 Å². The highest BCUT2D eigenvalue weighted by atomic mass is 35.5. The second-order valence-electron chi connectivity index (χ2n) is 5.73. The van der Waals surface area contributed by atoms with Gasteiger partial charge in [-0.05, 0) is 35.7 Å². The van der Waals surface area contributed by atoms with E-state index in [4.69, 9.17) is 20.8 Å². The SMILES string of the molecule is O=C(Nc1nnc(COc2cccc3ccccc23)o1)c1ccc(Cl)cc1. The van der Waals surface area contributed by atoms with Crippen LogP contribution in [0.25, 0.3) is 10.8 Å². The van der Waals surface area contributed by atoms with E-state index in [9.17, 15) is 4.79 Å². The maximum atomic E-state index is 12.1. The van der Waals surface area contributed by atoms with Gasteiger partial charge in [-0.3, -0.25) is 10.1 Å². The summed E-state index contributed by atoms with van der Waals surface area (Å²) >= 11 is 5.82. The summed E-state index contributed by atoms with van der Waals surface area (Å²) in [5.41, 5.74) is 0.436. The molecule has 1 aromatic heterocycles. The Morgan fingerprint density at radius 1 is 1.00 bits per heavy atom. The monoisotopic (exact) mass is 379 g/mol. The van der Waals surface area contributed by atoms with Crippen LogP contribution >= 0.6 is 11.6 Å². The van der Waals surface area contributed by atoms with Crippen molar-refractivity contribution in [3.8, 4) is 5.75 Å². The molecule has 0 atom stereocenters. The minimum Gasteiger partial charge on any atom is -0.483 e. The van der Waals surface area contributed by atoms with E-state index in [1.54, 1.807) is 24.3 Å². The lowest BCUT2D eigenvalue weighted by Crippen LogP contribution is -2.11. The van der Waals surface area contributed by atoms with Gasteiger partial charge in [0.1, 0.15) is 5.75 Å². The molecule has 0 aliphatic heterocycles. The Hall–Kier alpha value is -3.38. The number of aromatic nitrogens is 2. The van der Waals surface area contributed by atoms with Crippen LogP contribution in [0.1, 0.15) is 16.2 Å². The zero-order valence-corrected chi connectivity index (χ0v) is 14.8. The molecule has 0 saturated heterocycles. The van der Waals surface area contributed by atoms with Crippen molar-refractivity contribution in [2.24, 2.45) is 0 Å². The molecule has 0 spiro atoms. The molecule has 3 aromatic carbocycles. The number of carbonyl (C=O) groups excluding carboxylic acids is 1. The Balaban J connectivity index is 1.42. The maximum absolute atomic E-state index is 12.1. The number of halogens is 1. The lowest BCUT2D eigenvalue weighted by atomic mass is 10.1. The highest BCUT2D eigenvalue weighted by Gasteiger charge is 2.12. The third-order valence-electron chi connectivity index (χ3n) is 3.89. The van der Waals surface area contributed by atoms with Gasteiger partial charge in [-0.1, -0.05) is 53.1 Å². The van der Waals surface area contributed by atoms with Gasteiger partial charge in [0, 0.05) is 16.0 Å². The van der Waals surface area contributed by atoms with E-state index in [-0.39, 0.29) is 24.4 Å². The van der Waals surface area contributed by atoms with E-state index < -0.39 is 0 Å². The molecule has 7 heteroatoms. The molecule has 1 heterocycles. The average molecular weight is 380 g/mol. The molecule has 27 heavy (non-hydrogen) atoms. The number of hydrogen-bond acceptors (Lipinski definition) is 5. The van der Waals surface area contributed by atoms with Gasteiger partial charge in [0.25, 0.3) is 11.8 Å². The molecule has 4 rings (SSSR count). The number of rotatable bonds is 5. The summed E-state index contributed by atoms with van der Waals surface area (Å²) in [6.07, 6.45) is 0. The third-order valence-corrected chi connectivity index (χ3v) is 4.15. The summed E-state index contributed by atoms with van der Waals surface area (Å²) in [5.74, 6) is 0.615. The predicted octanol–water partition coefficient (Wildman–Crippen LogP) is 4.71. The van der Waals surface area contributed by atoms with Gasteiger partial charge in [-0.2, -0.15) is 0 Å². The number of ether oxygens (including phenoxy) is 1. The minimum absolute atomic E-state index is 0.00599. The van der Waals surface area contributed by atoms with Gasteiger partial charge in [0.05, 0.1) is 0 Å². The number of hydrogen-bond donors (Lipinski definition) is 1. The molecule has 0 unspecified atom stereocenters. The smallest absolute Gasteiger partial charge is 0.322 e. The van der Waals surface area contributed by atoms with Crippen LogP contribution in [0.2, 0.25) is 5.02 Å². The average Bonchev–Trinajstić information content (AvgIpc) is 3.14. The first-order valence-corrected chi connectivity index (χ1v) is 8.57. The highest BCUT2D eigenvalue weighted by molar-refractivity contribution is 6.30. The first-order chi connectivity index (χ1) is 13.2. The van der Waals surface area contributed by atoms with Gasteiger partial charge in [0.15, 0.2) is 6.61 Å². The lowest BCUT2D eigenvalue weighted by Gasteiger charge is -2.07. The van der Waals surface area contributed by atoms with Crippen LogP contribution in [0.4, 0.5) is 6.01 Å². The Kier molecular flexibility index (Phi) is 4.72. The number of amides is 1. The number of benzene rings is 3. The van der Waals surface area contributed by atoms with Crippen molar-refractivity contribution in [2.45, 2.75) is 6.61 Å². The first kappa shape index (κ1) is 17.1. The molecular weight excluding hydrogens is 366 g/mol. The standard InChI is InChI=1S/C20H14ClN3O3/c21-15-10-8-14(9-11-15)19(25)22-20-24-23-18(27-20)12-26-17-7-3-5-13-4-1-2-6-16(13)17/h1-11H,12H2,(H,22,24,25). The van der Waals surface area contributed by atoms with E-state index in [1.165, 1.54) is 0 Å². The third kappa shape index (κ3) is 3.91. The van der Waals surface area contributed by atoms with Crippen molar-refractivity contribution in [1.82, 2.24) is 10.2 Å². The Bertz CT molecular complexity index is 1090. The molecule has 0 saturated carbocycles. The number of nitrogens with one attached hydrogen (secondary N) is 1. The number of carbonyl (C=O) groups is 1. The summed E-state index contributed by atoms with van der Waals surface area (Å²) in [5, 5.41) is 12.9. The van der Waals surface area contributed by atoms with Crippen molar-refractivity contribution >= 4 is 34.3 Å². The molecule has 134 valence electrons. The van der Waals surface area contributed by atoms with Gasteiger partial charge in [0.2, 0.25) is 0 Å². The molecule has 0 aliphatic rings. The number of anilines is 1. The van der Waals surface area contributed by atoms with Gasteiger partial charge in [-0.25, -0.2) is 0 Å². The minimum atomic E-state index is -0.364. The molecule has 0 radical (unpaired) electrons. The molecular formula is C20H14ClN3O3. The van der Waals surface area contributed by atoms with Crippen LogP contribution in [0.5, 0.6) is 5.75 Å². The summed E-state index contributed by atoms with van der Waals surface area (Å²) in [4.78, 5) is 12.1. The van der Waals surface area contributed by atoms with Crippen molar-refractivity contribution in [2.75, 3.05) is 5.32 Å². The second kappa shape index (κ2) is 7.47. The molecule has 0 bridgehead atoms. The molecule has 1 N–H and O–H groups in total. The van der Waals surface area contributed by atoms with Gasteiger partial charge < -0.3 is 9.15 Å². The summed E-state index contributed by atoms with van der Waals surface area (Å²) in [7, 11) is 0. The normalized spacial score (nSPS) is 10.7. The predicted molar refractivity (Wildman–Crippen MR) is 102 cm³/mol. The summed E-state index contributed by atoms with van der Waals surface area (Å²) in [6.45, 7) is 0.0951. The van der Waals surface area contributed by atoms with Crippen molar-refractivity contribution in [3.63, 3.8) is 0 Å². The van der Waals surface area contributed by atoms with Crippen LogP contribution in [0.15, 0.2) is 71.1 Å². The van der Waals surface area contributed by atoms with Crippen molar-refractivity contribution < 1.29 is 13.9 Å². The van der Waals surface area contributed by atoms with Crippen LogP contribution < -0.4 is 10.1 Å². The fraction of sp³-hybridized carbons (Fsp3) is 0.0500. The van der Waals surface area contributed by atoms with E-state index in [0.717, 1.165) is 16.5 Å². The Labute approximate surface area is 159 Å². The van der Waals surface area contributed by atoms with Gasteiger partial charge >= 0.3 is 6.01 Å². The first-order valence-electron chi connectivity index (χ1n) is 8.19. The quantitative estimate of drug-likeness (QED) is 0.543. The van der Waals surface area contributed by atoms with E-state index in [0.29, 0.717) is 10.6 Å².